The molecule has 1 fully saturated rings. The number of hydrogen-bond acceptors (Lipinski definition) is 7. The van der Waals surface area contributed by atoms with E-state index in [2.05, 4.69) is 30.5 Å². The van der Waals surface area contributed by atoms with Gasteiger partial charge in [-0.2, -0.15) is 5.10 Å². The number of hydrogen-bond donors (Lipinski definition) is 1. The van der Waals surface area contributed by atoms with Crippen LogP contribution in [0.3, 0.4) is 0 Å². The lowest BCUT2D eigenvalue weighted by molar-refractivity contribution is -0.125. The number of piperidine rings is 1. The number of likely N-dealkylation sites (tertiary alicyclic amines) is 1. The lowest BCUT2D eigenvalue weighted by atomic mass is 9.96. The molecule has 2 aromatic heterocycles. The van der Waals surface area contributed by atoms with Crippen molar-refractivity contribution >= 4 is 5.91 Å². The standard InChI is InChI=1S/C16H25N7O2/c1-12(8-23-11-17-10-19-23)16(24)18-7-14-3-5-22(6-4-14)9-15-21-20-13(2)25-15/h10-12,14H,3-9H2,1-2H3,(H,18,24). The predicted octanol–water partition coefficient (Wildman–Crippen LogP) is 0.634. The van der Waals surface area contributed by atoms with Crippen LogP contribution in [0.5, 0.6) is 0 Å². The van der Waals surface area contributed by atoms with Crippen LogP contribution in [0.15, 0.2) is 17.1 Å². The van der Waals surface area contributed by atoms with Crippen molar-refractivity contribution in [2.75, 3.05) is 19.6 Å². The maximum Gasteiger partial charge on any atom is 0.230 e. The molecule has 0 spiro atoms. The minimum absolute atomic E-state index is 0.0688. The van der Waals surface area contributed by atoms with Gasteiger partial charge in [-0.25, -0.2) is 4.98 Å². The Morgan fingerprint density at radius 1 is 1.40 bits per heavy atom. The summed E-state index contributed by atoms with van der Waals surface area (Å²) in [4.78, 5) is 18.4. The van der Waals surface area contributed by atoms with Crippen molar-refractivity contribution in [3.63, 3.8) is 0 Å². The minimum Gasteiger partial charge on any atom is -0.424 e. The Labute approximate surface area is 146 Å². The molecular weight excluding hydrogens is 322 g/mol. The number of rotatable bonds is 7. The molecular formula is C16H25N7O2. The van der Waals surface area contributed by atoms with Crippen molar-refractivity contribution in [1.29, 1.82) is 0 Å². The zero-order valence-corrected chi connectivity index (χ0v) is 14.8. The molecule has 1 aliphatic rings. The van der Waals surface area contributed by atoms with Gasteiger partial charge >= 0.3 is 0 Å². The van der Waals surface area contributed by atoms with E-state index in [1.54, 1.807) is 17.9 Å². The fraction of sp³-hybridized carbons (Fsp3) is 0.688. The van der Waals surface area contributed by atoms with E-state index in [4.69, 9.17) is 4.42 Å². The van der Waals surface area contributed by atoms with E-state index in [1.165, 1.54) is 6.33 Å². The molecule has 9 nitrogen and oxygen atoms in total. The van der Waals surface area contributed by atoms with Gasteiger partial charge in [-0.3, -0.25) is 14.4 Å². The molecule has 1 amide bonds. The Hall–Kier alpha value is -2.29. The molecule has 1 saturated heterocycles. The van der Waals surface area contributed by atoms with Crippen LogP contribution in [0.2, 0.25) is 0 Å². The zero-order valence-electron chi connectivity index (χ0n) is 14.8. The van der Waals surface area contributed by atoms with Gasteiger partial charge in [0.05, 0.1) is 19.0 Å². The van der Waals surface area contributed by atoms with Crippen LogP contribution in [-0.2, 0) is 17.9 Å². The Morgan fingerprint density at radius 3 is 2.84 bits per heavy atom. The molecule has 0 saturated carbocycles. The first-order chi connectivity index (χ1) is 12.1. The highest BCUT2D eigenvalue weighted by molar-refractivity contribution is 5.78. The maximum absolute atomic E-state index is 12.2. The molecule has 1 aliphatic heterocycles. The number of carbonyl (C=O) groups is 1. The first-order valence-corrected chi connectivity index (χ1v) is 8.71. The first-order valence-electron chi connectivity index (χ1n) is 8.71. The summed E-state index contributed by atoms with van der Waals surface area (Å²) in [5, 5.41) is 15.0. The maximum atomic E-state index is 12.2. The van der Waals surface area contributed by atoms with Gasteiger partial charge in [0.2, 0.25) is 17.7 Å². The van der Waals surface area contributed by atoms with Gasteiger partial charge in [0, 0.05) is 13.5 Å². The van der Waals surface area contributed by atoms with Gasteiger partial charge in [0.25, 0.3) is 0 Å². The SMILES string of the molecule is Cc1nnc(CN2CCC(CNC(=O)C(C)Cn3cncn3)CC2)o1. The van der Waals surface area contributed by atoms with Crippen molar-refractivity contribution in [3.05, 3.63) is 24.4 Å². The molecule has 136 valence electrons. The summed E-state index contributed by atoms with van der Waals surface area (Å²) in [6, 6.07) is 0. The van der Waals surface area contributed by atoms with Crippen molar-refractivity contribution < 1.29 is 9.21 Å². The van der Waals surface area contributed by atoms with Crippen molar-refractivity contribution in [2.45, 2.75) is 39.8 Å². The molecule has 2 aromatic rings. The predicted molar refractivity (Wildman–Crippen MR) is 89.2 cm³/mol. The highest BCUT2D eigenvalue weighted by atomic mass is 16.4. The smallest absolute Gasteiger partial charge is 0.230 e. The average Bonchev–Trinajstić information content (AvgIpc) is 3.25. The second-order valence-corrected chi connectivity index (χ2v) is 6.70. The Morgan fingerprint density at radius 2 is 2.20 bits per heavy atom. The van der Waals surface area contributed by atoms with Crippen LogP contribution in [-0.4, -0.2) is 55.4 Å². The monoisotopic (exact) mass is 347 g/mol. The summed E-state index contributed by atoms with van der Waals surface area (Å²) in [7, 11) is 0. The fourth-order valence-electron chi connectivity index (χ4n) is 3.05. The summed E-state index contributed by atoms with van der Waals surface area (Å²) < 4.78 is 7.11. The number of aromatic nitrogens is 5. The van der Waals surface area contributed by atoms with Gasteiger partial charge in [-0.1, -0.05) is 6.92 Å². The average molecular weight is 347 g/mol. The molecule has 1 atom stereocenters. The largest absolute Gasteiger partial charge is 0.424 e. The summed E-state index contributed by atoms with van der Waals surface area (Å²) in [5.74, 6) is 1.74. The lowest BCUT2D eigenvalue weighted by Gasteiger charge is -2.31. The van der Waals surface area contributed by atoms with E-state index in [0.29, 0.717) is 30.8 Å². The van der Waals surface area contributed by atoms with Crippen molar-refractivity contribution in [1.82, 2.24) is 35.2 Å². The van der Waals surface area contributed by atoms with Crippen LogP contribution in [0.1, 0.15) is 31.5 Å². The van der Waals surface area contributed by atoms with E-state index in [9.17, 15) is 4.79 Å². The van der Waals surface area contributed by atoms with Crippen LogP contribution in [0.25, 0.3) is 0 Å². The van der Waals surface area contributed by atoms with Gasteiger partial charge < -0.3 is 9.73 Å². The topological polar surface area (TPSA) is 102 Å². The quantitative estimate of drug-likeness (QED) is 0.784. The summed E-state index contributed by atoms with van der Waals surface area (Å²) in [6.45, 7) is 7.66. The number of nitrogens with zero attached hydrogens (tertiary/aromatic N) is 6. The molecule has 0 bridgehead atoms. The first kappa shape index (κ1) is 17.5. The number of nitrogens with one attached hydrogen (secondary N) is 1. The normalized spacial score (nSPS) is 17.5. The molecule has 3 heterocycles. The number of aryl methyl sites for hydroxylation is 1. The third-order valence-electron chi connectivity index (χ3n) is 4.57. The lowest BCUT2D eigenvalue weighted by Crippen LogP contribution is -2.40. The number of carbonyl (C=O) groups excluding carboxylic acids is 1. The Bertz CT molecular complexity index is 662. The zero-order chi connectivity index (χ0) is 17.6. The summed E-state index contributed by atoms with van der Waals surface area (Å²) in [5.41, 5.74) is 0. The number of amides is 1. The van der Waals surface area contributed by atoms with Crippen LogP contribution < -0.4 is 5.32 Å². The third kappa shape index (κ3) is 5.09. The second kappa shape index (κ2) is 8.19. The van der Waals surface area contributed by atoms with Crippen molar-refractivity contribution in [2.24, 2.45) is 11.8 Å². The summed E-state index contributed by atoms with van der Waals surface area (Å²) >= 11 is 0. The molecule has 0 aromatic carbocycles. The highest BCUT2D eigenvalue weighted by Crippen LogP contribution is 2.18. The molecule has 1 unspecified atom stereocenters. The van der Waals surface area contributed by atoms with E-state index in [1.807, 2.05) is 6.92 Å². The molecule has 1 N–H and O–H groups in total. The fourth-order valence-corrected chi connectivity index (χ4v) is 3.05. The van der Waals surface area contributed by atoms with Crippen molar-refractivity contribution in [3.8, 4) is 0 Å². The molecule has 25 heavy (non-hydrogen) atoms. The summed E-state index contributed by atoms with van der Waals surface area (Å²) in [6.07, 6.45) is 5.23. The van der Waals surface area contributed by atoms with E-state index in [0.717, 1.165) is 32.5 Å². The molecule has 9 heteroatoms. The molecule has 3 rings (SSSR count). The van der Waals surface area contributed by atoms with Gasteiger partial charge in [0.1, 0.15) is 12.7 Å². The minimum atomic E-state index is -0.123. The van der Waals surface area contributed by atoms with Gasteiger partial charge in [0.15, 0.2) is 0 Å². The van der Waals surface area contributed by atoms with Crippen LogP contribution >= 0.6 is 0 Å². The van der Waals surface area contributed by atoms with Crippen LogP contribution in [0.4, 0.5) is 0 Å². The Balaban J connectivity index is 1.35. The van der Waals surface area contributed by atoms with Gasteiger partial charge in [-0.15, -0.1) is 10.2 Å². The van der Waals surface area contributed by atoms with Gasteiger partial charge in [-0.05, 0) is 31.8 Å². The Kier molecular flexibility index (Phi) is 5.75. The van der Waals surface area contributed by atoms with E-state index >= 15 is 0 Å². The highest BCUT2D eigenvalue weighted by Gasteiger charge is 2.22. The van der Waals surface area contributed by atoms with E-state index < -0.39 is 0 Å². The molecule has 0 aliphatic carbocycles. The van der Waals surface area contributed by atoms with Crippen LogP contribution in [0, 0.1) is 18.8 Å². The molecule has 0 radical (unpaired) electrons. The van der Waals surface area contributed by atoms with E-state index in [-0.39, 0.29) is 11.8 Å². The second-order valence-electron chi connectivity index (χ2n) is 6.70. The third-order valence-corrected chi connectivity index (χ3v) is 4.57.